The van der Waals surface area contributed by atoms with Gasteiger partial charge in [0.25, 0.3) is 5.91 Å². The number of carbonyl (C=O) groups excluding carboxylic acids is 1. The Balaban J connectivity index is 2.36. The maximum absolute atomic E-state index is 12.6. The van der Waals surface area contributed by atoms with Gasteiger partial charge in [0.2, 0.25) is 0 Å². The van der Waals surface area contributed by atoms with E-state index < -0.39 is 5.91 Å². The first-order valence-corrected chi connectivity index (χ1v) is 8.18. The molecular weight excluding hydrogens is 314 g/mol. The van der Waals surface area contributed by atoms with Crippen LogP contribution in [0.1, 0.15) is 27.7 Å². The lowest BCUT2D eigenvalue weighted by Gasteiger charge is -2.33. The molecule has 0 unspecified atom stereocenters. The molecular formula is C20H23N3O2. The summed E-state index contributed by atoms with van der Waals surface area (Å²) >= 11 is 0. The summed E-state index contributed by atoms with van der Waals surface area (Å²) in [6.45, 7) is 8.72. The number of hydrogen-bond acceptors (Lipinski definition) is 4. The van der Waals surface area contributed by atoms with Crippen LogP contribution in [0.4, 0.5) is 5.69 Å². The Bertz CT molecular complexity index is 857. The Labute approximate surface area is 148 Å². The number of hydrogen-bond donors (Lipinski definition) is 2. The van der Waals surface area contributed by atoms with Gasteiger partial charge in [0.1, 0.15) is 17.4 Å². The number of phenols is 1. The highest BCUT2D eigenvalue weighted by molar-refractivity contribution is 6.11. The Hall–Kier alpha value is -3.00. The second-order valence-corrected chi connectivity index (χ2v) is 6.74. The van der Waals surface area contributed by atoms with Gasteiger partial charge in [-0.2, -0.15) is 5.26 Å². The predicted molar refractivity (Wildman–Crippen MR) is 100 cm³/mol. The summed E-state index contributed by atoms with van der Waals surface area (Å²) < 4.78 is 0. The van der Waals surface area contributed by atoms with E-state index in [1.807, 2.05) is 44.7 Å². The van der Waals surface area contributed by atoms with Gasteiger partial charge in [-0.25, -0.2) is 0 Å². The fraction of sp³-hybridized carbons (Fsp3) is 0.300. The zero-order valence-electron chi connectivity index (χ0n) is 15.0. The van der Waals surface area contributed by atoms with Gasteiger partial charge in [-0.05, 0) is 39.8 Å². The number of rotatable bonds is 4. The molecule has 0 aromatic heterocycles. The number of carbonyl (C=O) groups is 1. The monoisotopic (exact) mass is 337 g/mol. The number of nitrogens with zero attached hydrogens (tertiary/aromatic N) is 2. The van der Waals surface area contributed by atoms with E-state index in [9.17, 15) is 15.2 Å². The average molecular weight is 337 g/mol. The summed E-state index contributed by atoms with van der Waals surface area (Å²) in [5.41, 5.74) is 0.398. The molecule has 130 valence electrons. The third-order valence-electron chi connectivity index (χ3n) is 4.00. The molecule has 5 nitrogen and oxygen atoms in total. The molecule has 0 saturated heterocycles. The Morgan fingerprint density at radius 2 is 1.88 bits per heavy atom. The SMILES string of the molecule is CCN(/C=C(/C#N)C(=O)Nc1cccc2c(O)cccc12)C(C)(C)C. The number of amides is 1. The largest absolute Gasteiger partial charge is 0.507 e. The smallest absolute Gasteiger partial charge is 0.267 e. The molecule has 0 atom stereocenters. The quantitative estimate of drug-likeness (QED) is 0.653. The fourth-order valence-electron chi connectivity index (χ4n) is 2.65. The first-order chi connectivity index (χ1) is 11.8. The first-order valence-electron chi connectivity index (χ1n) is 8.18. The van der Waals surface area contributed by atoms with Crippen LogP contribution in [0, 0.1) is 11.3 Å². The van der Waals surface area contributed by atoms with Crippen LogP contribution < -0.4 is 5.32 Å². The fourth-order valence-corrected chi connectivity index (χ4v) is 2.65. The van der Waals surface area contributed by atoms with Crippen molar-refractivity contribution in [2.45, 2.75) is 33.2 Å². The van der Waals surface area contributed by atoms with E-state index in [4.69, 9.17) is 0 Å². The Kier molecular flexibility index (Phi) is 5.33. The Morgan fingerprint density at radius 1 is 1.24 bits per heavy atom. The topological polar surface area (TPSA) is 76.4 Å². The van der Waals surface area contributed by atoms with Gasteiger partial charge >= 0.3 is 0 Å². The highest BCUT2D eigenvalue weighted by Gasteiger charge is 2.20. The molecule has 0 heterocycles. The summed E-state index contributed by atoms with van der Waals surface area (Å²) in [6, 6.07) is 12.4. The van der Waals surface area contributed by atoms with Crippen molar-refractivity contribution in [2.75, 3.05) is 11.9 Å². The number of nitriles is 1. The highest BCUT2D eigenvalue weighted by Crippen LogP contribution is 2.30. The summed E-state index contributed by atoms with van der Waals surface area (Å²) in [4.78, 5) is 14.5. The summed E-state index contributed by atoms with van der Waals surface area (Å²) in [5, 5.41) is 23.5. The molecule has 1 amide bonds. The average Bonchev–Trinajstić information content (AvgIpc) is 2.55. The molecule has 0 radical (unpaired) electrons. The van der Waals surface area contributed by atoms with E-state index in [1.54, 1.807) is 36.5 Å². The van der Waals surface area contributed by atoms with Crippen molar-refractivity contribution in [3.8, 4) is 11.8 Å². The van der Waals surface area contributed by atoms with Crippen LogP contribution >= 0.6 is 0 Å². The van der Waals surface area contributed by atoms with Gasteiger partial charge in [0.15, 0.2) is 0 Å². The van der Waals surface area contributed by atoms with Crippen LogP contribution in [0.15, 0.2) is 48.2 Å². The third kappa shape index (κ3) is 4.10. The summed E-state index contributed by atoms with van der Waals surface area (Å²) in [7, 11) is 0. The van der Waals surface area contributed by atoms with E-state index in [1.165, 1.54) is 0 Å². The molecule has 0 aliphatic carbocycles. The molecule has 0 saturated carbocycles. The van der Waals surface area contributed by atoms with Crippen molar-refractivity contribution in [2.24, 2.45) is 0 Å². The van der Waals surface area contributed by atoms with Crippen molar-refractivity contribution >= 4 is 22.4 Å². The number of benzene rings is 2. The lowest BCUT2D eigenvalue weighted by atomic mass is 10.1. The normalized spacial score (nSPS) is 11.9. The second kappa shape index (κ2) is 7.27. The van der Waals surface area contributed by atoms with Crippen molar-refractivity contribution in [1.82, 2.24) is 4.90 Å². The molecule has 5 heteroatoms. The predicted octanol–water partition coefficient (Wildman–Crippen LogP) is 4.01. The molecule has 0 spiro atoms. The summed E-state index contributed by atoms with van der Waals surface area (Å²) in [5.74, 6) is -0.324. The van der Waals surface area contributed by atoms with E-state index in [0.29, 0.717) is 17.6 Å². The van der Waals surface area contributed by atoms with E-state index in [-0.39, 0.29) is 16.9 Å². The molecule has 2 aromatic rings. The van der Waals surface area contributed by atoms with Gasteiger partial charge in [0.05, 0.1) is 0 Å². The maximum Gasteiger partial charge on any atom is 0.267 e. The van der Waals surface area contributed by atoms with Gasteiger partial charge in [0, 0.05) is 34.7 Å². The number of aromatic hydroxyl groups is 1. The van der Waals surface area contributed by atoms with Gasteiger partial charge in [-0.1, -0.05) is 24.3 Å². The lowest BCUT2D eigenvalue weighted by Crippen LogP contribution is -2.37. The zero-order chi connectivity index (χ0) is 18.6. The standard InChI is InChI=1S/C20H23N3O2/c1-5-23(20(2,3)4)13-14(12-21)19(25)22-17-10-6-9-16-15(17)8-7-11-18(16)24/h6-11,13,24H,5H2,1-4H3,(H,22,25)/b14-13-. The Morgan fingerprint density at radius 3 is 2.48 bits per heavy atom. The molecule has 2 N–H and O–H groups in total. The van der Waals surface area contributed by atoms with Crippen molar-refractivity contribution in [3.05, 3.63) is 48.2 Å². The first kappa shape index (κ1) is 18.3. The van der Waals surface area contributed by atoms with Gasteiger partial charge < -0.3 is 15.3 Å². The lowest BCUT2D eigenvalue weighted by molar-refractivity contribution is -0.112. The second-order valence-electron chi connectivity index (χ2n) is 6.74. The number of phenolic OH excluding ortho intramolecular Hbond substituents is 1. The maximum atomic E-state index is 12.6. The van der Waals surface area contributed by atoms with Crippen LogP contribution in [0.2, 0.25) is 0 Å². The molecule has 0 aliphatic heterocycles. The van der Waals surface area contributed by atoms with Crippen molar-refractivity contribution < 1.29 is 9.90 Å². The van der Waals surface area contributed by atoms with Crippen LogP contribution in [0.5, 0.6) is 5.75 Å². The summed E-state index contributed by atoms with van der Waals surface area (Å²) in [6.07, 6.45) is 1.60. The van der Waals surface area contributed by atoms with E-state index >= 15 is 0 Å². The minimum atomic E-state index is -0.471. The van der Waals surface area contributed by atoms with Crippen LogP contribution in [-0.2, 0) is 4.79 Å². The zero-order valence-corrected chi connectivity index (χ0v) is 15.0. The minimum absolute atomic E-state index is 0.0360. The third-order valence-corrected chi connectivity index (χ3v) is 4.00. The highest BCUT2D eigenvalue weighted by atomic mass is 16.3. The van der Waals surface area contributed by atoms with Crippen molar-refractivity contribution in [1.29, 1.82) is 5.26 Å². The van der Waals surface area contributed by atoms with Crippen LogP contribution in [0.25, 0.3) is 10.8 Å². The van der Waals surface area contributed by atoms with E-state index in [0.717, 1.165) is 5.39 Å². The molecule has 0 bridgehead atoms. The van der Waals surface area contributed by atoms with Crippen LogP contribution in [-0.4, -0.2) is 28.0 Å². The van der Waals surface area contributed by atoms with Crippen molar-refractivity contribution in [3.63, 3.8) is 0 Å². The molecule has 2 aromatic carbocycles. The molecule has 25 heavy (non-hydrogen) atoms. The minimum Gasteiger partial charge on any atom is -0.507 e. The number of nitrogens with one attached hydrogen (secondary N) is 1. The molecule has 0 aliphatic rings. The van der Waals surface area contributed by atoms with Gasteiger partial charge in [-0.3, -0.25) is 4.79 Å². The van der Waals surface area contributed by atoms with Crippen LogP contribution in [0.3, 0.4) is 0 Å². The molecule has 0 fully saturated rings. The number of fused-ring (bicyclic) bond motifs is 1. The number of anilines is 1. The van der Waals surface area contributed by atoms with Gasteiger partial charge in [-0.15, -0.1) is 0 Å². The molecule has 2 rings (SSSR count). The van der Waals surface area contributed by atoms with E-state index in [2.05, 4.69) is 5.32 Å².